The van der Waals surface area contributed by atoms with Crippen LogP contribution in [-0.4, -0.2) is 80.4 Å². The molecule has 0 spiro atoms. The van der Waals surface area contributed by atoms with Gasteiger partial charge in [-0.15, -0.1) is 0 Å². The van der Waals surface area contributed by atoms with Crippen molar-refractivity contribution in [1.82, 2.24) is 26.3 Å². The summed E-state index contributed by atoms with van der Waals surface area (Å²) in [7, 11) is 0. The number of nitrogens with one attached hydrogen (secondary N) is 4. The van der Waals surface area contributed by atoms with Gasteiger partial charge in [0.1, 0.15) is 0 Å². The van der Waals surface area contributed by atoms with E-state index in [2.05, 4.69) is 59.5 Å². The summed E-state index contributed by atoms with van der Waals surface area (Å²) < 4.78 is 4.72. The molecule has 0 radical (unpaired) electrons. The van der Waals surface area contributed by atoms with Crippen molar-refractivity contribution in [3.8, 4) is 0 Å². The highest BCUT2D eigenvalue weighted by atomic mass is 32.1. The maximum atomic E-state index is 13.5. The minimum Gasteiger partial charge on any atom is -0.379 e. The lowest BCUT2D eigenvalue weighted by atomic mass is 9.96. The maximum Gasteiger partial charge on any atom is 0.272 e. The van der Waals surface area contributed by atoms with Crippen LogP contribution in [0.4, 0.5) is 0 Å². The number of fused-ring (bicyclic) bond motifs is 1. The fourth-order valence-electron chi connectivity index (χ4n) is 3.81. The van der Waals surface area contributed by atoms with E-state index < -0.39 is 30.2 Å². The molecule has 0 fully saturated rings. The third-order valence-corrected chi connectivity index (χ3v) is 6.67. The number of amides is 4. The first kappa shape index (κ1) is 35.1. The zero-order valence-electron chi connectivity index (χ0n) is 24.1. The number of carbonyl (C=O) groups excluding carboxylic acids is 4. The number of carbonyl (C=O) groups is 4. The Morgan fingerprint density at radius 2 is 1.57 bits per heavy atom. The second-order valence-electron chi connectivity index (χ2n) is 9.65. The van der Waals surface area contributed by atoms with E-state index in [1.54, 1.807) is 6.92 Å². The molecule has 0 aliphatic rings. The second-order valence-corrected chi connectivity index (χ2v) is 10.2. The molecule has 0 aromatic heterocycles. The molecular weight excluding hydrogens is 578 g/mol. The zero-order valence-corrected chi connectivity index (χ0v) is 25.9. The standard InChI is InChI=1S/C29H41N5O6S2/c1-20-6-7-25-15-23(8-9-24(25)14-20)22(3)29(38)34(39-12-4-10-30-11-5-13-40-42)28(37)18-33-26(35)17-31-21(2)16-32-27(36)19-41/h6-9,14-15,22,30-31,41-42H,2,4-5,10-13,16-19H2,1,3H3,(H,32,36)(H,33,35)/t22-/m0/s1. The predicted molar refractivity (Wildman–Crippen MR) is 169 cm³/mol. The van der Waals surface area contributed by atoms with Crippen LogP contribution < -0.4 is 21.3 Å². The van der Waals surface area contributed by atoms with Crippen molar-refractivity contribution in [2.24, 2.45) is 0 Å². The van der Waals surface area contributed by atoms with Gasteiger partial charge in [-0.3, -0.25) is 24.0 Å². The van der Waals surface area contributed by atoms with Gasteiger partial charge in [0.2, 0.25) is 11.8 Å². The summed E-state index contributed by atoms with van der Waals surface area (Å²) in [6, 6.07) is 11.8. The summed E-state index contributed by atoms with van der Waals surface area (Å²) in [6.07, 6.45) is 1.34. The van der Waals surface area contributed by atoms with E-state index in [4.69, 9.17) is 9.02 Å². The van der Waals surface area contributed by atoms with Crippen molar-refractivity contribution in [3.63, 3.8) is 0 Å². The minimum absolute atomic E-state index is 0.0364. The molecule has 2 aromatic rings. The number of imide groups is 1. The second kappa shape index (κ2) is 19.2. The molecule has 2 aromatic carbocycles. The fraction of sp³-hybridized carbons (Fsp3) is 0.448. The number of aryl methyl sites for hydroxylation is 1. The highest BCUT2D eigenvalue weighted by Crippen LogP contribution is 2.24. The molecule has 13 heteroatoms. The van der Waals surface area contributed by atoms with Crippen LogP contribution in [0.1, 0.15) is 36.8 Å². The molecule has 0 saturated carbocycles. The lowest BCUT2D eigenvalue weighted by Gasteiger charge is -2.24. The van der Waals surface area contributed by atoms with Crippen molar-refractivity contribution >= 4 is 59.9 Å². The Hall–Kier alpha value is -3.10. The average Bonchev–Trinajstić information content (AvgIpc) is 2.99. The first-order valence-corrected chi connectivity index (χ1v) is 14.7. The topological polar surface area (TPSA) is 138 Å². The van der Waals surface area contributed by atoms with Gasteiger partial charge in [0, 0.05) is 5.70 Å². The average molecular weight is 620 g/mol. The number of rotatable bonds is 19. The Morgan fingerprint density at radius 1 is 0.905 bits per heavy atom. The largest absolute Gasteiger partial charge is 0.379 e. The first-order chi connectivity index (χ1) is 20.2. The Balaban J connectivity index is 1.99. The van der Waals surface area contributed by atoms with Crippen LogP contribution in [0.2, 0.25) is 0 Å². The molecule has 11 nitrogen and oxygen atoms in total. The molecule has 4 amide bonds. The molecule has 0 saturated heterocycles. The fourth-order valence-corrected chi connectivity index (χ4v) is 4.05. The summed E-state index contributed by atoms with van der Waals surface area (Å²) in [5, 5.41) is 13.8. The van der Waals surface area contributed by atoms with Gasteiger partial charge in [0.05, 0.1) is 44.5 Å². The third kappa shape index (κ3) is 12.4. The number of thiol groups is 2. The van der Waals surface area contributed by atoms with Crippen LogP contribution in [0.25, 0.3) is 10.8 Å². The van der Waals surface area contributed by atoms with Gasteiger partial charge < -0.3 is 25.5 Å². The number of hydroxylamine groups is 2. The highest BCUT2D eigenvalue weighted by Gasteiger charge is 2.29. The van der Waals surface area contributed by atoms with Crippen molar-refractivity contribution in [3.05, 3.63) is 59.8 Å². The van der Waals surface area contributed by atoms with Crippen molar-refractivity contribution in [2.75, 3.05) is 51.7 Å². The van der Waals surface area contributed by atoms with Gasteiger partial charge in [-0.2, -0.15) is 17.7 Å². The molecule has 0 aliphatic carbocycles. The van der Waals surface area contributed by atoms with Gasteiger partial charge in [0.15, 0.2) is 0 Å². The number of nitrogens with zero attached hydrogens (tertiary/aromatic N) is 1. The van der Waals surface area contributed by atoms with E-state index in [1.165, 1.54) is 0 Å². The molecular formula is C29H41N5O6S2. The molecule has 0 bridgehead atoms. The van der Waals surface area contributed by atoms with Crippen LogP contribution in [0.15, 0.2) is 48.7 Å². The zero-order chi connectivity index (χ0) is 30.9. The Morgan fingerprint density at radius 3 is 2.29 bits per heavy atom. The van der Waals surface area contributed by atoms with Crippen LogP contribution in [-0.2, 0) is 28.2 Å². The molecule has 0 heterocycles. The summed E-state index contributed by atoms with van der Waals surface area (Å²) in [5.74, 6) is -2.64. The maximum absolute atomic E-state index is 13.5. The smallest absolute Gasteiger partial charge is 0.272 e. The molecule has 0 aliphatic heterocycles. The summed E-state index contributed by atoms with van der Waals surface area (Å²) in [5.41, 5.74) is 2.29. The van der Waals surface area contributed by atoms with Crippen molar-refractivity contribution in [1.29, 1.82) is 0 Å². The number of benzene rings is 2. The normalized spacial score (nSPS) is 11.5. The van der Waals surface area contributed by atoms with Crippen molar-refractivity contribution < 1.29 is 28.2 Å². The first-order valence-electron chi connectivity index (χ1n) is 13.7. The summed E-state index contributed by atoms with van der Waals surface area (Å²) >= 11 is 7.58. The van der Waals surface area contributed by atoms with E-state index in [0.29, 0.717) is 25.3 Å². The predicted octanol–water partition coefficient (Wildman–Crippen LogP) is 2.04. The Labute approximate surface area is 258 Å². The molecule has 4 N–H and O–H groups in total. The van der Waals surface area contributed by atoms with E-state index in [9.17, 15) is 19.2 Å². The van der Waals surface area contributed by atoms with Crippen LogP contribution >= 0.6 is 25.5 Å². The lowest BCUT2D eigenvalue weighted by molar-refractivity contribution is -0.196. The van der Waals surface area contributed by atoms with Gasteiger partial charge in [-0.05, 0) is 69.0 Å². The third-order valence-electron chi connectivity index (χ3n) is 6.20. The van der Waals surface area contributed by atoms with Crippen LogP contribution in [0.5, 0.6) is 0 Å². The van der Waals surface area contributed by atoms with Gasteiger partial charge in [-0.1, -0.05) is 48.5 Å². The molecule has 42 heavy (non-hydrogen) atoms. The van der Waals surface area contributed by atoms with E-state index in [0.717, 1.165) is 39.9 Å². The lowest BCUT2D eigenvalue weighted by Crippen LogP contribution is -2.46. The summed E-state index contributed by atoms with van der Waals surface area (Å²) in [4.78, 5) is 55.9. The van der Waals surface area contributed by atoms with E-state index >= 15 is 0 Å². The molecule has 0 unspecified atom stereocenters. The Kier molecular flexibility index (Phi) is 16.0. The SMILES string of the molecule is C=C(CNC(=O)CS)NCC(=O)NCC(=O)N(OCCCNCCCOS)C(=O)[C@@H](C)c1ccc2cc(C)ccc2c1. The molecule has 1 atom stereocenters. The molecule has 230 valence electrons. The number of hydrogen-bond donors (Lipinski definition) is 6. The summed E-state index contributed by atoms with van der Waals surface area (Å²) in [6.45, 7) is 8.97. The van der Waals surface area contributed by atoms with Crippen LogP contribution in [0.3, 0.4) is 0 Å². The molecule has 2 rings (SSSR count). The van der Waals surface area contributed by atoms with Crippen LogP contribution in [0, 0.1) is 6.92 Å². The van der Waals surface area contributed by atoms with E-state index in [-0.39, 0.29) is 31.4 Å². The van der Waals surface area contributed by atoms with Crippen molar-refractivity contribution in [2.45, 2.75) is 32.6 Å². The quantitative estimate of drug-likeness (QED) is 0.0609. The Bertz CT molecular complexity index is 1230. The number of hydrogen-bond acceptors (Lipinski definition) is 10. The van der Waals surface area contributed by atoms with Gasteiger partial charge in [-0.25, -0.2) is 0 Å². The minimum atomic E-state index is -0.699. The highest BCUT2D eigenvalue weighted by molar-refractivity contribution is 7.81. The monoisotopic (exact) mass is 619 g/mol. The van der Waals surface area contributed by atoms with E-state index in [1.807, 2.05) is 37.3 Å². The van der Waals surface area contributed by atoms with Gasteiger partial charge in [0.25, 0.3) is 11.8 Å². The van der Waals surface area contributed by atoms with Gasteiger partial charge >= 0.3 is 0 Å².